The molecule has 0 bridgehead atoms. The van der Waals surface area contributed by atoms with Gasteiger partial charge in [0.1, 0.15) is 5.01 Å². The number of halogens is 2. The molecule has 2 N–H and O–H groups in total. The van der Waals surface area contributed by atoms with Gasteiger partial charge in [-0.1, -0.05) is 35.3 Å². The zero-order chi connectivity index (χ0) is 25.1. The molecule has 7 nitrogen and oxygen atoms in total. The molecule has 0 aliphatic carbocycles. The number of carbonyl (C=O) groups is 1. The van der Waals surface area contributed by atoms with E-state index in [9.17, 15) is 4.79 Å². The highest BCUT2D eigenvalue weighted by atomic mass is 35.5. The van der Waals surface area contributed by atoms with Crippen LogP contribution in [0, 0.1) is 0 Å². The van der Waals surface area contributed by atoms with E-state index < -0.39 is 5.91 Å². The Hall–Kier alpha value is -3.11. The van der Waals surface area contributed by atoms with E-state index in [4.69, 9.17) is 49.6 Å². The number of thiocarbonyl (C=S) groups is 1. The second-order valence-electron chi connectivity index (χ2n) is 7.12. The highest BCUT2D eigenvalue weighted by Gasteiger charge is 2.20. The van der Waals surface area contributed by atoms with Gasteiger partial charge in [0, 0.05) is 16.1 Å². The van der Waals surface area contributed by atoms with E-state index in [-0.39, 0.29) is 10.7 Å². The second kappa shape index (κ2) is 10.7. The van der Waals surface area contributed by atoms with Crippen molar-refractivity contribution in [1.82, 2.24) is 10.3 Å². The van der Waals surface area contributed by atoms with Crippen LogP contribution in [0.15, 0.2) is 48.5 Å². The van der Waals surface area contributed by atoms with Crippen LogP contribution in [-0.2, 0) is 0 Å². The van der Waals surface area contributed by atoms with Crippen molar-refractivity contribution < 1.29 is 19.0 Å². The molecule has 35 heavy (non-hydrogen) atoms. The van der Waals surface area contributed by atoms with E-state index >= 15 is 0 Å². The average molecular weight is 548 g/mol. The molecule has 4 aromatic rings. The molecule has 0 unspecified atom stereocenters. The Morgan fingerprint density at radius 3 is 2.31 bits per heavy atom. The highest BCUT2D eigenvalue weighted by molar-refractivity contribution is 7.80. The first-order chi connectivity index (χ1) is 16.8. The minimum absolute atomic E-state index is 0.0373. The lowest BCUT2D eigenvalue weighted by Gasteiger charge is -2.16. The summed E-state index contributed by atoms with van der Waals surface area (Å²) >= 11 is 19.7. The summed E-state index contributed by atoms with van der Waals surface area (Å²) in [5, 5.41) is 7.19. The van der Waals surface area contributed by atoms with Crippen LogP contribution in [0.1, 0.15) is 10.4 Å². The van der Waals surface area contributed by atoms with E-state index in [2.05, 4.69) is 15.6 Å². The standard InChI is InChI=1S/C24H19Cl2N3O4S2/c1-31-17-8-12(9-18(32-2)21(17)33-3)22(30)29-24(34)28-20-14(10-13(25)11-15(20)26)23-27-16-6-4-5-7-19(16)35-23/h4-11H,1-3H3,(H2,28,29,30,34). The SMILES string of the molecule is COc1cc(C(=O)NC(=S)Nc2c(Cl)cc(Cl)cc2-c2nc3ccccc3s2)cc(OC)c1OC. The Labute approximate surface area is 220 Å². The number of carbonyl (C=O) groups excluding carboxylic acids is 1. The Balaban J connectivity index is 1.62. The van der Waals surface area contributed by atoms with Crippen LogP contribution in [-0.4, -0.2) is 37.3 Å². The molecule has 11 heteroatoms. The summed E-state index contributed by atoms with van der Waals surface area (Å²) in [4.78, 5) is 17.6. The number of benzene rings is 3. The summed E-state index contributed by atoms with van der Waals surface area (Å²) in [5.74, 6) is 0.582. The molecule has 180 valence electrons. The number of methoxy groups -OCH3 is 3. The van der Waals surface area contributed by atoms with Crippen LogP contribution < -0.4 is 24.8 Å². The normalized spacial score (nSPS) is 10.7. The van der Waals surface area contributed by atoms with Gasteiger partial charge in [0.15, 0.2) is 16.6 Å². The molecule has 1 aromatic heterocycles. The summed E-state index contributed by atoms with van der Waals surface area (Å²) in [7, 11) is 4.42. The number of rotatable bonds is 6. The third-order valence-corrected chi connectivity index (χ3v) is 6.76. The number of ether oxygens (including phenoxy) is 3. The van der Waals surface area contributed by atoms with Crippen molar-refractivity contribution in [2.75, 3.05) is 26.6 Å². The smallest absolute Gasteiger partial charge is 0.257 e. The maximum Gasteiger partial charge on any atom is 0.257 e. The summed E-state index contributed by atoms with van der Waals surface area (Å²) < 4.78 is 17.0. The zero-order valence-electron chi connectivity index (χ0n) is 18.8. The van der Waals surface area contributed by atoms with Gasteiger partial charge >= 0.3 is 0 Å². The van der Waals surface area contributed by atoms with Crippen molar-refractivity contribution in [1.29, 1.82) is 0 Å². The summed E-state index contributed by atoms with van der Waals surface area (Å²) in [6.07, 6.45) is 0. The van der Waals surface area contributed by atoms with Gasteiger partial charge < -0.3 is 19.5 Å². The van der Waals surface area contributed by atoms with Crippen molar-refractivity contribution in [2.24, 2.45) is 0 Å². The van der Waals surface area contributed by atoms with Crippen molar-refractivity contribution in [2.45, 2.75) is 0 Å². The molecule has 1 amide bonds. The largest absolute Gasteiger partial charge is 0.493 e. The Kier molecular flexibility index (Phi) is 7.61. The topological polar surface area (TPSA) is 81.7 Å². The second-order valence-corrected chi connectivity index (χ2v) is 9.40. The Morgan fingerprint density at radius 2 is 1.69 bits per heavy atom. The minimum atomic E-state index is -0.478. The van der Waals surface area contributed by atoms with Crippen molar-refractivity contribution in [3.63, 3.8) is 0 Å². The van der Waals surface area contributed by atoms with Crippen LogP contribution in [0.4, 0.5) is 5.69 Å². The number of nitrogens with zero attached hydrogens (tertiary/aromatic N) is 1. The van der Waals surface area contributed by atoms with Gasteiger partial charge in [0.2, 0.25) is 5.75 Å². The molecule has 4 rings (SSSR count). The first-order valence-corrected chi connectivity index (χ1v) is 12.1. The molecule has 0 aliphatic rings. The number of fused-ring (bicyclic) bond motifs is 1. The molecular weight excluding hydrogens is 529 g/mol. The van der Waals surface area contributed by atoms with E-state index in [0.717, 1.165) is 10.2 Å². The number of para-hydroxylation sites is 1. The number of hydrogen-bond acceptors (Lipinski definition) is 7. The number of thiazole rings is 1. The summed E-state index contributed by atoms with van der Waals surface area (Å²) in [5.41, 5.74) is 2.25. The van der Waals surface area contributed by atoms with Crippen LogP contribution in [0.25, 0.3) is 20.8 Å². The third kappa shape index (κ3) is 5.28. The molecule has 1 heterocycles. The molecular formula is C24H19Cl2N3O4S2. The van der Waals surface area contributed by atoms with E-state index in [0.29, 0.717) is 43.6 Å². The first kappa shape index (κ1) is 25.0. The molecule has 0 radical (unpaired) electrons. The lowest BCUT2D eigenvalue weighted by Crippen LogP contribution is -2.34. The van der Waals surface area contributed by atoms with Crippen LogP contribution in [0.2, 0.25) is 10.0 Å². The van der Waals surface area contributed by atoms with Gasteiger partial charge in [-0.25, -0.2) is 4.98 Å². The van der Waals surface area contributed by atoms with Gasteiger partial charge in [-0.3, -0.25) is 10.1 Å². The van der Waals surface area contributed by atoms with Gasteiger partial charge in [0.05, 0.1) is 42.3 Å². The van der Waals surface area contributed by atoms with E-state index in [1.165, 1.54) is 44.8 Å². The Morgan fingerprint density at radius 1 is 1.00 bits per heavy atom. The predicted octanol–water partition coefficient (Wildman–Crippen LogP) is 6.42. The van der Waals surface area contributed by atoms with Crippen molar-refractivity contribution in [3.8, 4) is 27.8 Å². The quantitative estimate of drug-likeness (QED) is 0.269. The predicted molar refractivity (Wildman–Crippen MR) is 145 cm³/mol. The van der Waals surface area contributed by atoms with Crippen LogP contribution >= 0.6 is 46.8 Å². The summed E-state index contributed by atoms with van der Waals surface area (Å²) in [6, 6.07) is 14.2. The van der Waals surface area contributed by atoms with E-state index in [1.54, 1.807) is 12.1 Å². The molecule has 0 saturated carbocycles. The van der Waals surface area contributed by atoms with Crippen molar-refractivity contribution >= 4 is 73.7 Å². The van der Waals surface area contributed by atoms with Gasteiger partial charge in [0.25, 0.3) is 5.91 Å². The fraction of sp³-hybridized carbons (Fsp3) is 0.125. The monoisotopic (exact) mass is 547 g/mol. The molecule has 0 spiro atoms. The van der Waals surface area contributed by atoms with E-state index in [1.807, 2.05) is 24.3 Å². The van der Waals surface area contributed by atoms with Crippen LogP contribution in [0.3, 0.4) is 0 Å². The lowest BCUT2D eigenvalue weighted by atomic mass is 10.1. The first-order valence-electron chi connectivity index (χ1n) is 10.1. The third-order valence-electron chi connectivity index (χ3n) is 4.97. The lowest BCUT2D eigenvalue weighted by molar-refractivity contribution is 0.0977. The molecule has 3 aromatic carbocycles. The molecule has 0 fully saturated rings. The van der Waals surface area contributed by atoms with Gasteiger partial charge in [-0.05, 0) is 48.6 Å². The average Bonchev–Trinajstić information content (AvgIpc) is 3.28. The number of aromatic nitrogens is 1. The number of anilines is 1. The molecule has 0 aliphatic heterocycles. The summed E-state index contributed by atoms with van der Waals surface area (Å²) in [6.45, 7) is 0. The maximum absolute atomic E-state index is 12.9. The highest BCUT2D eigenvalue weighted by Crippen LogP contribution is 2.41. The Bertz CT molecular complexity index is 1380. The minimum Gasteiger partial charge on any atom is -0.493 e. The maximum atomic E-state index is 12.9. The number of hydrogen-bond donors (Lipinski definition) is 2. The fourth-order valence-electron chi connectivity index (χ4n) is 3.39. The van der Waals surface area contributed by atoms with Crippen LogP contribution in [0.5, 0.6) is 17.2 Å². The number of nitrogens with one attached hydrogen (secondary N) is 2. The van der Waals surface area contributed by atoms with Gasteiger partial charge in [-0.15, -0.1) is 11.3 Å². The van der Waals surface area contributed by atoms with Gasteiger partial charge in [-0.2, -0.15) is 0 Å². The zero-order valence-corrected chi connectivity index (χ0v) is 21.9. The van der Waals surface area contributed by atoms with Crippen molar-refractivity contribution in [3.05, 3.63) is 64.1 Å². The number of amides is 1. The molecule has 0 saturated heterocycles. The molecule has 0 atom stereocenters. The fourth-order valence-corrected chi connectivity index (χ4v) is 5.11.